The Bertz CT molecular complexity index is 1700. The summed E-state index contributed by atoms with van der Waals surface area (Å²) in [7, 11) is 0. The Balaban J connectivity index is 0.000000214. The molecule has 0 saturated carbocycles. The molecule has 6 heterocycles. The number of pyridine rings is 2. The molecule has 14 heteroatoms. The van der Waals surface area contributed by atoms with Crippen LogP contribution in [0.15, 0.2) is 24.3 Å². The monoisotopic (exact) mass is 794 g/mol. The van der Waals surface area contributed by atoms with Crippen molar-refractivity contribution in [2.75, 3.05) is 72.1 Å². The molecule has 4 aliphatic heterocycles. The second-order valence-electron chi connectivity index (χ2n) is 17.2. The molecule has 2 aliphatic carbocycles. The quantitative estimate of drug-likeness (QED) is 0.253. The summed E-state index contributed by atoms with van der Waals surface area (Å²) >= 11 is 0. The molecule has 13 nitrogen and oxygen atoms in total. The van der Waals surface area contributed by atoms with E-state index in [-0.39, 0.29) is 60.5 Å². The van der Waals surface area contributed by atoms with Gasteiger partial charge in [0.15, 0.2) is 0 Å². The van der Waals surface area contributed by atoms with Crippen molar-refractivity contribution in [1.29, 1.82) is 0 Å². The number of esters is 1. The number of fused-ring (bicyclic) bond motifs is 2. The Kier molecular flexibility index (Phi) is 17.2. The number of hydrogen-bond acceptors (Lipinski definition) is 10. The number of carbonyl (C=O) groups is 4. The molecule has 4 fully saturated rings. The number of aromatic nitrogens is 2. The Morgan fingerprint density at radius 2 is 1.07 bits per heavy atom. The minimum absolute atomic E-state index is 0. The van der Waals surface area contributed by atoms with Gasteiger partial charge in [-0.05, 0) is 132 Å². The fraction of sp³-hybridized carbons (Fsp3) is 0.682. The van der Waals surface area contributed by atoms with E-state index >= 15 is 0 Å². The summed E-state index contributed by atoms with van der Waals surface area (Å²) in [5.41, 5.74) is 7.94. The van der Waals surface area contributed by atoms with Gasteiger partial charge in [0.05, 0.1) is 31.5 Å². The van der Waals surface area contributed by atoms with Gasteiger partial charge >= 0.3 is 30.8 Å². The number of carboxylic acid groups (broad SMARTS) is 1. The first-order valence-corrected chi connectivity index (χ1v) is 21.6. The van der Waals surface area contributed by atoms with Crippen LogP contribution in [0.4, 0.5) is 0 Å². The molecule has 2 N–H and O–H groups in total. The van der Waals surface area contributed by atoms with E-state index in [1.165, 1.54) is 72.4 Å². The molecule has 0 radical (unpaired) electrons. The number of aliphatic carboxylic acids is 1. The van der Waals surface area contributed by atoms with Crippen molar-refractivity contribution in [3.8, 4) is 0 Å². The third-order valence-corrected chi connectivity index (χ3v) is 12.9. The number of carbonyl (C=O) groups excluding carboxylic acids is 3. The molecule has 4 saturated heterocycles. The van der Waals surface area contributed by atoms with Gasteiger partial charge in [-0.2, -0.15) is 0 Å². The fourth-order valence-electron chi connectivity index (χ4n) is 9.60. The summed E-state index contributed by atoms with van der Waals surface area (Å²) in [5, 5.41) is 8.80. The van der Waals surface area contributed by atoms with Gasteiger partial charge in [-0.3, -0.25) is 38.9 Å². The van der Waals surface area contributed by atoms with Gasteiger partial charge in [0.1, 0.15) is 0 Å². The molecule has 58 heavy (non-hydrogen) atoms. The van der Waals surface area contributed by atoms with Gasteiger partial charge < -0.3 is 25.1 Å². The molecule has 0 aromatic carbocycles. The predicted octanol–water partition coefficient (Wildman–Crippen LogP) is 0.822. The summed E-state index contributed by atoms with van der Waals surface area (Å²) < 4.78 is 4.97. The molecule has 0 spiro atoms. The third kappa shape index (κ3) is 12.1. The van der Waals surface area contributed by atoms with Crippen molar-refractivity contribution in [3.63, 3.8) is 0 Å². The molecule has 2 amide bonds. The maximum Gasteiger partial charge on any atom is 1.00 e. The number of rotatable bonds is 11. The van der Waals surface area contributed by atoms with Crippen molar-refractivity contribution in [2.24, 2.45) is 23.7 Å². The van der Waals surface area contributed by atoms with Gasteiger partial charge in [0, 0.05) is 75.1 Å². The van der Waals surface area contributed by atoms with Gasteiger partial charge in [0.25, 0.3) is 0 Å². The zero-order valence-electron chi connectivity index (χ0n) is 34.9. The van der Waals surface area contributed by atoms with Gasteiger partial charge in [-0.1, -0.05) is 12.1 Å². The summed E-state index contributed by atoms with van der Waals surface area (Å²) in [6.07, 6.45) is 16.0. The first-order chi connectivity index (χ1) is 27.2. The first-order valence-electron chi connectivity index (χ1n) is 21.6. The summed E-state index contributed by atoms with van der Waals surface area (Å²) in [6, 6.07) is 8.98. The van der Waals surface area contributed by atoms with Crippen molar-refractivity contribution in [3.05, 3.63) is 58.2 Å². The number of hydrogen-bond donors (Lipinski definition) is 1. The van der Waals surface area contributed by atoms with E-state index in [9.17, 15) is 19.2 Å². The minimum atomic E-state index is -0.822. The molecular weight excluding hydrogens is 731 g/mol. The van der Waals surface area contributed by atoms with Crippen LogP contribution in [0, 0.1) is 23.7 Å². The van der Waals surface area contributed by atoms with Crippen LogP contribution in [-0.2, 0) is 62.4 Å². The van der Waals surface area contributed by atoms with Crippen molar-refractivity contribution < 1.29 is 53.4 Å². The number of piperidine rings is 2. The topological polar surface area (TPSA) is 166 Å². The maximum absolute atomic E-state index is 12.7. The van der Waals surface area contributed by atoms with E-state index in [2.05, 4.69) is 24.3 Å². The van der Waals surface area contributed by atoms with Crippen molar-refractivity contribution in [2.45, 2.75) is 96.8 Å². The number of likely N-dealkylation sites (tertiary alicyclic amines) is 4. The van der Waals surface area contributed by atoms with Crippen molar-refractivity contribution in [1.82, 2.24) is 29.6 Å². The van der Waals surface area contributed by atoms with E-state index in [1.807, 2.05) is 26.5 Å². The molecule has 0 atom stereocenters. The largest absolute Gasteiger partial charge is 1.00 e. The van der Waals surface area contributed by atoms with E-state index in [1.54, 1.807) is 0 Å². The van der Waals surface area contributed by atoms with E-state index in [0.717, 1.165) is 77.5 Å². The summed E-state index contributed by atoms with van der Waals surface area (Å²) in [4.78, 5) is 65.2. The zero-order valence-corrected chi connectivity index (χ0v) is 34.9. The van der Waals surface area contributed by atoms with Crippen LogP contribution in [0.2, 0.25) is 0 Å². The molecule has 2 aromatic rings. The fourth-order valence-corrected chi connectivity index (χ4v) is 9.60. The summed E-state index contributed by atoms with van der Waals surface area (Å²) in [5.74, 6) is 0.708. The number of amides is 2. The maximum atomic E-state index is 12.7. The van der Waals surface area contributed by atoms with Gasteiger partial charge in [-0.15, -0.1) is 0 Å². The minimum Gasteiger partial charge on any atom is -0.870 e. The smallest absolute Gasteiger partial charge is 0.870 e. The molecule has 2 aromatic heterocycles. The SMILES string of the molecule is CCOC(=O)CN1CC(C(=O)N2CCC(Cc3ccc4c(n3)CCCC4)CC2)C1.O=C(O)CN1CC(C(=O)N2CCC(Cc3ccc4c(n3)CCCC4)CC2)C1.[Li+].[OH-]. The average Bonchev–Trinajstić information content (AvgIpc) is 3.17. The van der Waals surface area contributed by atoms with Crippen LogP contribution in [0.5, 0.6) is 0 Å². The van der Waals surface area contributed by atoms with E-state index in [4.69, 9.17) is 19.8 Å². The standard InChI is InChI=1S/C23H33N3O3.C21H29N3O3.Li.H2O/c1-2-29-22(27)16-25-14-19(15-25)23(28)26-11-9-17(10-12-26)13-20-8-7-18-5-3-4-6-21(18)24-20;25-20(26)14-23-12-17(13-23)21(27)24-9-7-15(8-10-24)11-18-6-5-16-3-1-2-4-19(16)22-18;;/h7-8,17,19H,2-6,9-16H2,1H3;5-6,15,17H,1-4,7-14H2,(H,25,26);;1H2/q;;+1;/p-1. The van der Waals surface area contributed by atoms with Crippen LogP contribution < -0.4 is 18.9 Å². The van der Waals surface area contributed by atoms with Gasteiger partial charge in [-0.25, -0.2) is 0 Å². The molecular formula is C44H63LiN6O7. The van der Waals surface area contributed by atoms with E-state index in [0.29, 0.717) is 51.2 Å². The molecule has 8 rings (SSSR count). The number of carboxylic acids is 1. The van der Waals surface area contributed by atoms with Crippen LogP contribution >= 0.6 is 0 Å². The zero-order chi connectivity index (χ0) is 39.0. The van der Waals surface area contributed by atoms with Crippen LogP contribution in [0.3, 0.4) is 0 Å². The Morgan fingerprint density at radius 1 is 0.655 bits per heavy atom. The summed E-state index contributed by atoms with van der Waals surface area (Å²) in [6.45, 7) is 8.44. The second kappa shape index (κ2) is 21.8. The molecule has 312 valence electrons. The van der Waals surface area contributed by atoms with Crippen LogP contribution in [0.1, 0.15) is 92.2 Å². The van der Waals surface area contributed by atoms with Crippen LogP contribution in [-0.4, -0.2) is 136 Å². The van der Waals surface area contributed by atoms with E-state index < -0.39 is 5.97 Å². The normalized spacial score (nSPS) is 20.4. The Hall–Kier alpha value is -3.34. The van der Waals surface area contributed by atoms with Gasteiger partial charge in [0.2, 0.25) is 11.8 Å². The first kappa shape index (κ1) is 45.7. The molecule has 6 aliphatic rings. The Morgan fingerprint density at radius 3 is 1.48 bits per heavy atom. The number of aryl methyl sites for hydroxylation is 4. The Labute approximate surface area is 356 Å². The molecule has 0 bridgehead atoms. The second-order valence-corrected chi connectivity index (χ2v) is 17.2. The predicted molar refractivity (Wildman–Crippen MR) is 214 cm³/mol. The third-order valence-electron chi connectivity index (χ3n) is 12.9. The van der Waals surface area contributed by atoms with Crippen molar-refractivity contribution >= 4 is 23.8 Å². The average molecular weight is 795 g/mol. The molecule has 0 unspecified atom stereocenters. The number of nitrogens with zero attached hydrogens (tertiary/aromatic N) is 6. The number of ether oxygens (including phenoxy) is 1. The van der Waals surface area contributed by atoms with Crippen LogP contribution in [0.25, 0.3) is 0 Å².